The van der Waals surface area contributed by atoms with Gasteiger partial charge in [-0.3, -0.25) is 0 Å². The zero-order valence-electron chi connectivity index (χ0n) is 9.18. The SMILES string of the molecule is CC(O)c1nc(-c2ccc(Br)cc2)cn1C. The van der Waals surface area contributed by atoms with Crippen molar-refractivity contribution in [3.8, 4) is 11.3 Å². The number of nitrogens with zero attached hydrogens (tertiary/aromatic N) is 2. The third kappa shape index (κ3) is 2.18. The van der Waals surface area contributed by atoms with Gasteiger partial charge >= 0.3 is 0 Å². The Kier molecular flexibility index (Phi) is 3.12. The molecular weight excluding hydrogens is 268 g/mol. The van der Waals surface area contributed by atoms with Crippen LogP contribution in [0.25, 0.3) is 11.3 Å². The summed E-state index contributed by atoms with van der Waals surface area (Å²) < 4.78 is 2.89. The van der Waals surface area contributed by atoms with E-state index >= 15 is 0 Å². The molecule has 0 spiro atoms. The summed E-state index contributed by atoms with van der Waals surface area (Å²) in [5, 5.41) is 9.52. The normalized spacial score (nSPS) is 12.8. The zero-order chi connectivity index (χ0) is 11.7. The molecule has 1 atom stereocenters. The highest BCUT2D eigenvalue weighted by Gasteiger charge is 2.10. The highest BCUT2D eigenvalue weighted by molar-refractivity contribution is 9.10. The second-order valence-corrected chi connectivity index (χ2v) is 4.69. The second kappa shape index (κ2) is 4.39. The van der Waals surface area contributed by atoms with Gasteiger partial charge in [-0.15, -0.1) is 0 Å². The van der Waals surface area contributed by atoms with Crippen molar-refractivity contribution in [1.29, 1.82) is 0 Å². The van der Waals surface area contributed by atoms with Gasteiger partial charge in [-0.25, -0.2) is 4.98 Å². The van der Waals surface area contributed by atoms with E-state index in [1.54, 1.807) is 6.92 Å². The lowest BCUT2D eigenvalue weighted by molar-refractivity contribution is 0.185. The van der Waals surface area contributed by atoms with Gasteiger partial charge in [0, 0.05) is 23.3 Å². The number of imidazole rings is 1. The molecule has 0 saturated heterocycles. The molecule has 2 aromatic rings. The molecule has 3 nitrogen and oxygen atoms in total. The van der Waals surface area contributed by atoms with Crippen LogP contribution in [-0.2, 0) is 7.05 Å². The molecule has 1 aromatic heterocycles. The van der Waals surface area contributed by atoms with Crippen molar-refractivity contribution in [2.45, 2.75) is 13.0 Å². The maximum absolute atomic E-state index is 9.52. The van der Waals surface area contributed by atoms with E-state index in [0.29, 0.717) is 5.82 Å². The van der Waals surface area contributed by atoms with Crippen LogP contribution in [0.1, 0.15) is 18.9 Å². The van der Waals surface area contributed by atoms with Crippen molar-refractivity contribution in [3.05, 3.63) is 40.8 Å². The first-order chi connectivity index (χ1) is 7.58. The van der Waals surface area contributed by atoms with Gasteiger partial charge in [0.25, 0.3) is 0 Å². The molecule has 0 fully saturated rings. The van der Waals surface area contributed by atoms with Crippen LogP contribution in [0.2, 0.25) is 0 Å². The summed E-state index contributed by atoms with van der Waals surface area (Å²) in [6, 6.07) is 7.95. The summed E-state index contributed by atoms with van der Waals surface area (Å²) in [7, 11) is 1.89. The van der Waals surface area contributed by atoms with Crippen LogP contribution in [0.15, 0.2) is 34.9 Å². The van der Waals surface area contributed by atoms with Crippen molar-refractivity contribution >= 4 is 15.9 Å². The average Bonchev–Trinajstić information content (AvgIpc) is 2.61. The van der Waals surface area contributed by atoms with Crippen LogP contribution in [0.5, 0.6) is 0 Å². The molecule has 1 N–H and O–H groups in total. The molecule has 84 valence electrons. The fraction of sp³-hybridized carbons (Fsp3) is 0.250. The molecule has 4 heteroatoms. The molecule has 16 heavy (non-hydrogen) atoms. The maximum Gasteiger partial charge on any atom is 0.137 e. The molecule has 0 radical (unpaired) electrons. The first-order valence-electron chi connectivity index (χ1n) is 5.05. The Hall–Kier alpha value is -1.13. The van der Waals surface area contributed by atoms with Crippen molar-refractivity contribution in [2.24, 2.45) is 7.05 Å². The number of benzene rings is 1. The second-order valence-electron chi connectivity index (χ2n) is 3.78. The highest BCUT2D eigenvalue weighted by atomic mass is 79.9. The Balaban J connectivity index is 2.41. The van der Waals surface area contributed by atoms with Crippen molar-refractivity contribution < 1.29 is 5.11 Å². The van der Waals surface area contributed by atoms with Crippen molar-refractivity contribution in [3.63, 3.8) is 0 Å². The van der Waals surface area contributed by atoms with Crippen LogP contribution >= 0.6 is 15.9 Å². The van der Waals surface area contributed by atoms with Crippen LogP contribution in [-0.4, -0.2) is 14.7 Å². The van der Waals surface area contributed by atoms with Gasteiger partial charge in [-0.1, -0.05) is 28.1 Å². The Morgan fingerprint density at radius 3 is 2.44 bits per heavy atom. The quantitative estimate of drug-likeness (QED) is 0.919. The maximum atomic E-state index is 9.52. The molecule has 0 bridgehead atoms. The van der Waals surface area contributed by atoms with Gasteiger partial charge in [0.15, 0.2) is 0 Å². The molecule has 0 aliphatic rings. The molecule has 0 aliphatic carbocycles. The molecular formula is C12H13BrN2O. The summed E-state index contributed by atoms with van der Waals surface area (Å²) in [5.41, 5.74) is 1.93. The number of aliphatic hydroxyl groups excluding tert-OH is 1. The lowest BCUT2D eigenvalue weighted by atomic mass is 10.2. The monoisotopic (exact) mass is 280 g/mol. The first kappa shape index (κ1) is 11.4. The third-order valence-electron chi connectivity index (χ3n) is 2.43. The predicted molar refractivity (Wildman–Crippen MR) is 67.0 cm³/mol. The van der Waals surface area contributed by atoms with E-state index in [-0.39, 0.29) is 0 Å². The van der Waals surface area contributed by atoms with E-state index in [9.17, 15) is 5.11 Å². The van der Waals surface area contributed by atoms with Gasteiger partial charge in [0.2, 0.25) is 0 Å². The van der Waals surface area contributed by atoms with E-state index in [1.165, 1.54) is 0 Å². The van der Waals surface area contributed by atoms with Crippen LogP contribution in [0.4, 0.5) is 0 Å². The lowest BCUT2D eigenvalue weighted by Crippen LogP contribution is -2.00. The molecule has 0 saturated carbocycles. The Morgan fingerprint density at radius 1 is 1.31 bits per heavy atom. The van der Waals surface area contributed by atoms with Gasteiger partial charge in [0.05, 0.1) is 5.69 Å². The fourth-order valence-electron chi connectivity index (χ4n) is 1.63. The summed E-state index contributed by atoms with van der Waals surface area (Å²) in [5.74, 6) is 0.679. The number of aliphatic hydroxyl groups is 1. The summed E-state index contributed by atoms with van der Waals surface area (Å²) >= 11 is 3.40. The molecule has 1 unspecified atom stereocenters. The largest absolute Gasteiger partial charge is 0.385 e. The topological polar surface area (TPSA) is 38.1 Å². The van der Waals surface area contributed by atoms with Crippen LogP contribution in [0.3, 0.4) is 0 Å². The van der Waals surface area contributed by atoms with Gasteiger partial charge in [0.1, 0.15) is 11.9 Å². The predicted octanol–water partition coefficient (Wildman–Crippen LogP) is 2.90. The number of aromatic nitrogens is 2. The van der Waals surface area contributed by atoms with Crippen LogP contribution in [0, 0.1) is 0 Å². The number of halogens is 1. The molecule has 1 aromatic carbocycles. The number of hydrogen-bond donors (Lipinski definition) is 1. The smallest absolute Gasteiger partial charge is 0.137 e. The van der Waals surface area contributed by atoms with E-state index in [4.69, 9.17) is 0 Å². The minimum Gasteiger partial charge on any atom is -0.385 e. The molecule has 2 rings (SSSR count). The third-order valence-corrected chi connectivity index (χ3v) is 2.95. The standard InChI is InChI=1S/C12H13BrN2O/c1-8(16)12-14-11(7-15(12)2)9-3-5-10(13)6-4-9/h3-8,16H,1-2H3. The Labute approximate surface area is 103 Å². The molecule has 0 amide bonds. The fourth-order valence-corrected chi connectivity index (χ4v) is 1.89. The highest BCUT2D eigenvalue weighted by Crippen LogP contribution is 2.22. The van der Waals surface area contributed by atoms with E-state index in [2.05, 4.69) is 20.9 Å². The minimum absolute atomic E-state index is 0.547. The Bertz CT molecular complexity index is 488. The van der Waals surface area contributed by atoms with Gasteiger partial charge < -0.3 is 9.67 Å². The number of aryl methyl sites for hydroxylation is 1. The number of rotatable bonds is 2. The summed E-state index contributed by atoms with van der Waals surface area (Å²) in [4.78, 5) is 4.41. The zero-order valence-corrected chi connectivity index (χ0v) is 10.8. The number of hydrogen-bond acceptors (Lipinski definition) is 2. The van der Waals surface area contributed by atoms with Crippen LogP contribution < -0.4 is 0 Å². The van der Waals surface area contributed by atoms with Gasteiger partial charge in [-0.2, -0.15) is 0 Å². The van der Waals surface area contributed by atoms with Crippen molar-refractivity contribution in [2.75, 3.05) is 0 Å². The van der Waals surface area contributed by atoms with E-state index < -0.39 is 6.10 Å². The first-order valence-corrected chi connectivity index (χ1v) is 5.84. The van der Waals surface area contributed by atoms with E-state index in [0.717, 1.165) is 15.7 Å². The lowest BCUT2D eigenvalue weighted by Gasteiger charge is -2.01. The summed E-state index contributed by atoms with van der Waals surface area (Å²) in [6.07, 6.45) is 1.37. The average molecular weight is 281 g/mol. The minimum atomic E-state index is -0.547. The van der Waals surface area contributed by atoms with Gasteiger partial charge in [-0.05, 0) is 19.1 Å². The Morgan fingerprint density at radius 2 is 1.94 bits per heavy atom. The van der Waals surface area contributed by atoms with E-state index in [1.807, 2.05) is 42.1 Å². The van der Waals surface area contributed by atoms with Crippen molar-refractivity contribution in [1.82, 2.24) is 9.55 Å². The molecule has 0 aliphatic heterocycles. The molecule has 1 heterocycles. The summed E-state index contributed by atoms with van der Waals surface area (Å²) in [6.45, 7) is 1.72.